The van der Waals surface area contributed by atoms with E-state index in [1.807, 2.05) is 50.2 Å². The van der Waals surface area contributed by atoms with Crippen molar-refractivity contribution in [2.24, 2.45) is 0 Å². The maximum Gasteiger partial charge on any atom is 0.270 e. The molecule has 0 fully saturated rings. The molecule has 0 saturated heterocycles. The summed E-state index contributed by atoms with van der Waals surface area (Å²) in [7, 11) is 0. The van der Waals surface area contributed by atoms with E-state index in [1.54, 1.807) is 29.2 Å². The molecule has 0 aromatic heterocycles. The molecule has 130 valence electrons. The average Bonchev–Trinajstić information content (AvgIpc) is 2.63. The van der Waals surface area contributed by atoms with Crippen LogP contribution in [0.3, 0.4) is 0 Å². The molecule has 2 rings (SSSR count). The third-order valence-electron chi connectivity index (χ3n) is 3.73. The molecule has 2 aromatic rings. The summed E-state index contributed by atoms with van der Waals surface area (Å²) in [6.07, 6.45) is 1.70. The first-order chi connectivity index (χ1) is 12.0. The Kier molecular flexibility index (Phi) is 6.95. The molecule has 0 aliphatic carbocycles. The van der Waals surface area contributed by atoms with Gasteiger partial charge in [0, 0.05) is 23.1 Å². The van der Waals surface area contributed by atoms with Crippen LogP contribution in [0.25, 0.3) is 6.08 Å². The highest BCUT2D eigenvalue weighted by molar-refractivity contribution is 9.10. The summed E-state index contributed by atoms with van der Waals surface area (Å²) in [5.41, 5.74) is 1.60. The van der Waals surface area contributed by atoms with Crippen molar-refractivity contribution in [3.63, 3.8) is 0 Å². The Labute approximate surface area is 156 Å². The zero-order valence-corrected chi connectivity index (χ0v) is 15.9. The lowest BCUT2D eigenvalue weighted by Gasteiger charge is -2.21. The number of likely N-dealkylation sites (N-methyl/N-ethyl adjacent to an activating group) is 1. The van der Waals surface area contributed by atoms with Crippen molar-refractivity contribution in [3.05, 3.63) is 75.9 Å². The van der Waals surface area contributed by atoms with Crippen molar-refractivity contribution in [3.8, 4) is 0 Å². The van der Waals surface area contributed by atoms with Crippen molar-refractivity contribution >= 4 is 33.8 Å². The highest BCUT2D eigenvalue weighted by Gasteiger charge is 2.19. The number of nitrogens with zero attached hydrogens (tertiary/aromatic N) is 1. The quantitative estimate of drug-likeness (QED) is 0.742. The average molecular weight is 401 g/mol. The van der Waals surface area contributed by atoms with Crippen LogP contribution in [0.4, 0.5) is 0 Å². The Morgan fingerprint density at radius 2 is 1.72 bits per heavy atom. The van der Waals surface area contributed by atoms with Crippen molar-refractivity contribution in [1.29, 1.82) is 0 Å². The summed E-state index contributed by atoms with van der Waals surface area (Å²) >= 11 is 3.36. The van der Waals surface area contributed by atoms with Gasteiger partial charge in [0.25, 0.3) is 11.8 Å². The van der Waals surface area contributed by atoms with Gasteiger partial charge in [0.05, 0.1) is 0 Å². The van der Waals surface area contributed by atoms with Gasteiger partial charge in [-0.3, -0.25) is 9.59 Å². The van der Waals surface area contributed by atoms with Gasteiger partial charge in [-0.25, -0.2) is 0 Å². The number of rotatable bonds is 6. The van der Waals surface area contributed by atoms with Crippen molar-refractivity contribution in [2.45, 2.75) is 13.8 Å². The van der Waals surface area contributed by atoms with E-state index >= 15 is 0 Å². The lowest BCUT2D eigenvalue weighted by atomic mass is 10.1. The number of hydrogen-bond donors (Lipinski definition) is 1. The fraction of sp³-hybridized carbons (Fsp3) is 0.200. The van der Waals surface area contributed by atoms with Crippen LogP contribution >= 0.6 is 15.9 Å². The Morgan fingerprint density at radius 1 is 1.04 bits per heavy atom. The van der Waals surface area contributed by atoms with Gasteiger partial charge in [-0.2, -0.15) is 0 Å². The molecule has 0 heterocycles. The van der Waals surface area contributed by atoms with E-state index in [-0.39, 0.29) is 17.5 Å². The fourth-order valence-corrected chi connectivity index (χ4v) is 2.77. The molecule has 0 unspecified atom stereocenters. The molecule has 0 saturated carbocycles. The molecule has 0 aliphatic heterocycles. The molecule has 0 atom stereocenters. The smallest absolute Gasteiger partial charge is 0.270 e. The van der Waals surface area contributed by atoms with Crippen molar-refractivity contribution in [1.82, 2.24) is 10.2 Å². The van der Waals surface area contributed by atoms with Crippen molar-refractivity contribution < 1.29 is 9.59 Å². The van der Waals surface area contributed by atoms with Gasteiger partial charge in [-0.05, 0) is 43.7 Å². The first-order valence-electron chi connectivity index (χ1n) is 8.18. The zero-order valence-electron chi connectivity index (χ0n) is 14.3. The number of amides is 2. The molecule has 0 spiro atoms. The van der Waals surface area contributed by atoms with E-state index in [9.17, 15) is 9.59 Å². The van der Waals surface area contributed by atoms with Gasteiger partial charge >= 0.3 is 0 Å². The highest BCUT2D eigenvalue weighted by atomic mass is 79.9. The Balaban J connectivity index is 2.33. The number of nitrogens with one attached hydrogen (secondary N) is 1. The van der Waals surface area contributed by atoms with Gasteiger partial charge in [0.2, 0.25) is 0 Å². The fourth-order valence-electron chi connectivity index (χ4n) is 2.37. The van der Waals surface area contributed by atoms with Gasteiger partial charge < -0.3 is 10.2 Å². The maximum absolute atomic E-state index is 12.8. The molecule has 2 amide bonds. The molecular formula is C20H21BrN2O2. The van der Waals surface area contributed by atoms with Crippen molar-refractivity contribution in [2.75, 3.05) is 13.1 Å². The topological polar surface area (TPSA) is 49.4 Å². The SMILES string of the molecule is CCN(CC)C(=O)C(=Cc1ccccc1)NC(=O)c1cccc(Br)c1. The predicted octanol–water partition coefficient (Wildman–Crippen LogP) is 4.09. The van der Waals surface area contributed by atoms with Crippen LogP contribution in [-0.4, -0.2) is 29.8 Å². The maximum atomic E-state index is 12.8. The zero-order chi connectivity index (χ0) is 18.2. The van der Waals surface area contributed by atoms with Crippen LogP contribution in [0.15, 0.2) is 64.8 Å². The summed E-state index contributed by atoms with van der Waals surface area (Å²) < 4.78 is 0.809. The van der Waals surface area contributed by atoms with Crippen LogP contribution in [0, 0.1) is 0 Å². The first kappa shape index (κ1) is 18.9. The highest BCUT2D eigenvalue weighted by Crippen LogP contribution is 2.13. The second-order valence-corrected chi connectivity index (χ2v) is 6.33. The van der Waals surface area contributed by atoms with Gasteiger partial charge in [0.1, 0.15) is 5.70 Å². The number of benzene rings is 2. The van der Waals surface area contributed by atoms with Crippen LogP contribution in [0.1, 0.15) is 29.8 Å². The molecule has 5 heteroatoms. The summed E-state index contributed by atoms with van der Waals surface area (Å²) in [5, 5.41) is 2.77. The minimum atomic E-state index is -0.316. The molecule has 2 aromatic carbocycles. The molecule has 0 bridgehead atoms. The molecule has 0 aliphatic rings. The Morgan fingerprint density at radius 3 is 2.32 bits per heavy atom. The minimum Gasteiger partial charge on any atom is -0.338 e. The van der Waals surface area contributed by atoms with E-state index in [0.29, 0.717) is 18.7 Å². The van der Waals surface area contributed by atoms with Gasteiger partial charge in [-0.15, -0.1) is 0 Å². The van der Waals surface area contributed by atoms with Crippen LogP contribution < -0.4 is 5.32 Å². The largest absolute Gasteiger partial charge is 0.338 e. The number of carbonyl (C=O) groups is 2. The third-order valence-corrected chi connectivity index (χ3v) is 4.22. The van der Waals surface area contributed by atoms with Gasteiger partial charge in [-0.1, -0.05) is 52.3 Å². The van der Waals surface area contributed by atoms with E-state index in [1.165, 1.54) is 0 Å². The van der Waals surface area contributed by atoms with E-state index in [4.69, 9.17) is 0 Å². The predicted molar refractivity (Wildman–Crippen MR) is 104 cm³/mol. The standard InChI is InChI=1S/C20H21BrN2O2/c1-3-23(4-2)20(25)18(13-15-9-6-5-7-10-15)22-19(24)16-11-8-12-17(21)14-16/h5-14H,3-4H2,1-2H3,(H,22,24). The molecular weight excluding hydrogens is 380 g/mol. The lowest BCUT2D eigenvalue weighted by Crippen LogP contribution is -2.38. The second-order valence-electron chi connectivity index (χ2n) is 5.41. The summed E-state index contributed by atoms with van der Waals surface area (Å²) in [4.78, 5) is 27.0. The molecule has 25 heavy (non-hydrogen) atoms. The number of hydrogen-bond acceptors (Lipinski definition) is 2. The van der Waals surface area contributed by atoms with Crippen LogP contribution in [0.2, 0.25) is 0 Å². The molecule has 1 N–H and O–H groups in total. The Bertz CT molecular complexity index is 768. The lowest BCUT2D eigenvalue weighted by molar-refractivity contribution is -0.127. The monoisotopic (exact) mass is 400 g/mol. The third kappa shape index (κ3) is 5.29. The molecule has 4 nitrogen and oxygen atoms in total. The normalized spacial score (nSPS) is 11.1. The van der Waals surface area contributed by atoms with E-state index < -0.39 is 0 Å². The molecule has 0 radical (unpaired) electrons. The summed E-state index contributed by atoms with van der Waals surface area (Å²) in [5.74, 6) is -0.513. The van der Waals surface area contributed by atoms with E-state index in [2.05, 4.69) is 21.2 Å². The summed E-state index contributed by atoms with van der Waals surface area (Å²) in [6.45, 7) is 4.98. The minimum absolute atomic E-state index is 0.197. The van der Waals surface area contributed by atoms with E-state index in [0.717, 1.165) is 10.0 Å². The first-order valence-corrected chi connectivity index (χ1v) is 8.97. The number of carbonyl (C=O) groups excluding carboxylic acids is 2. The summed E-state index contributed by atoms with van der Waals surface area (Å²) in [6, 6.07) is 16.5. The number of halogens is 1. The van der Waals surface area contributed by atoms with Crippen LogP contribution in [-0.2, 0) is 4.79 Å². The second kappa shape index (κ2) is 9.18. The van der Waals surface area contributed by atoms with Gasteiger partial charge in [0.15, 0.2) is 0 Å². The van der Waals surface area contributed by atoms with Crippen LogP contribution in [0.5, 0.6) is 0 Å². The Hall–Kier alpha value is -2.40.